The highest BCUT2D eigenvalue weighted by molar-refractivity contribution is 7.99. The molecule has 0 unspecified atom stereocenters. The van der Waals surface area contributed by atoms with Crippen LogP contribution in [-0.2, 0) is 11.3 Å². The number of rotatable bonds is 8. The number of thioether (sulfide) groups is 1. The molecular formula is C23H27N5OS. The molecule has 3 aromatic rings. The first kappa shape index (κ1) is 20.5. The molecule has 0 atom stereocenters. The Hall–Kier alpha value is -2.80. The predicted molar refractivity (Wildman–Crippen MR) is 121 cm³/mol. The van der Waals surface area contributed by atoms with Gasteiger partial charge < -0.3 is 10.6 Å². The summed E-state index contributed by atoms with van der Waals surface area (Å²) in [5.74, 6) is 1.21. The molecular weight excluding hydrogens is 394 g/mol. The van der Waals surface area contributed by atoms with Crippen LogP contribution in [-0.4, -0.2) is 32.5 Å². The average Bonchev–Trinajstić information content (AvgIpc) is 3.41. The van der Waals surface area contributed by atoms with E-state index in [9.17, 15) is 4.79 Å². The van der Waals surface area contributed by atoms with Crippen molar-refractivity contribution in [1.82, 2.24) is 20.1 Å². The zero-order chi connectivity index (χ0) is 20.8. The lowest BCUT2D eigenvalue weighted by Gasteiger charge is -2.13. The summed E-state index contributed by atoms with van der Waals surface area (Å²) in [5, 5.41) is 16.1. The fraction of sp³-hybridized carbons (Fsp3) is 0.348. The number of hydrogen-bond donors (Lipinski definition) is 2. The first-order valence-corrected chi connectivity index (χ1v) is 11.4. The van der Waals surface area contributed by atoms with Crippen molar-refractivity contribution >= 4 is 23.4 Å². The molecule has 2 aromatic carbocycles. The zero-order valence-electron chi connectivity index (χ0n) is 17.2. The molecule has 1 amide bonds. The molecule has 6 nitrogen and oxygen atoms in total. The largest absolute Gasteiger partial charge is 0.378 e. The van der Waals surface area contributed by atoms with Gasteiger partial charge in [0.1, 0.15) is 0 Å². The third-order valence-electron chi connectivity index (χ3n) is 5.24. The van der Waals surface area contributed by atoms with Gasteiger partial charge in [0.15, 0.2) is 11.0 Å². The Labute approximate surface area is 181 Å². The van der Waals surface area contributed by atoms with E-state index in [4.69, 9.17) is 0 Å². The molecule has 0 bridgehead atoms. The van der Waals surface area contributed by atoms with Crippen molar-refractivity contribution < 1.29 is 4.79 Å². The lowest BCUT2D eigenvalue weighted by molar-refractivity contribution is -0.119. The van der Waals surface area contributed by atoms with Crippen molar-refractivity contribution in [1.29, 1.82) is 0 Å². The Kier molecular flexibility index (Phi) is 6.69. The van der Waals surface area contributed by atoms with Crippen molar-refractivity contribution in [3.8, 4) is 5.69 Å². The lowest BCUT2D eigenvalue weighted by Crippen LogP contribution is -2.33. The molecule has 7 heteroatoms. The maximum Gasteiger partial charge on any atom is 0.230 e. The Bertz CT molecular complexity index is 982. The second-order valence-electron chi connectivity index (χ2n) is 7.63. The molecule has 0 spiro atoms. The normalized spacial score (nSPS) is 14.0. The van der Waals surface area contributed by atoms with Gasteiger partial charge in [0.05, 0.1) is 12.3 Å². The predicted octanol–water partition coefficient (Wildman–Crippen LogP) is 4.34. The maximum absolute atomic E-state index is 12.4. The van der Waals surface area contributed by atoms with E-state index in [0.717, 1.165) is 35.2 Å². The molecule has 1 aliphatic carbocycles. The van der Waals surface area contributed by atoms with Crippen LogP contribution in [0.3, 0.4) is 0 Å². The second kappa shape index (κ2) is 9.80. The van der Waals surface area contributed by atoms with Crippen molar-refractivity contribution in [2.45, 2.75) is 50.4 Å². The van der Waals surface area contributed by atoms with Crippen molar-refractivity contribution in [3.05, 3.63) is 66.0 Å². The number of anilines is 1. The van der Waals surface area contributed by atoms with Crippen LogP contribution >= 0.6 is 11.8 Å². The van der Waals surface area contributed by atoms with E-state index >= 15 is 0 Å². The number of carbonyl (C=O) groups excluding carboxylic acids is 1. The summed E-state index contributed by atoms with van der Waals surface area (Å²) in [5.41, 5.74) is 3.24. The van der Waals surface area contributed by atoms with E-state index in [1.165, 1.54) is 30.2 Å². The molecule has 1 aromatic heterocycles. The van der Waals surface area contributed by atoms with Crippen LogP contribution in [0, 0.1) is 6.92 Å². The topological polar surface area (TPSA) is 71.8 Å². The number of aryl methyl sites for hydroxylation is 1. The molecule has 0 saturated heterocycles. The van der Waals surface area contributed by atoms with Crippen LogP contribution in [0.1, 0.15) is 37.1 Å². The summed E-state index contributed by atoms with van der Waals surface area (Å²) in [6, 6.07) is 18.6. The third kappa shape index (κ3) is 5.21. The van der Waals surface area contributed by atoms with Gasteiger partial charge in [-0.25, -0.2) is 0 Å². The summed E-state index contributed by atoms with van der Waals surface area (Å²) < 4.78 is 2.02. The van der Waals surface area contributed by atoms with Gasteiger partial charge in [0.25, 0.3) is 0 Å². The number of carbonyl (C=O) groups is 1. The van der Waals surface area contributed by atoms with Crippen LogP contribution in [0.2, 0.25) is 0 Å². The molecule has 30 heavy (non-hydrogen) atoms. The summed E-state index contributed by atoms with van der Waals surface area (Å²) in [6.45, 7) is 2.61. The molecule has 1 saturated carbocycles. The van der Waals surface area contributed by atoms with E-state index in [-0.39, 0.29) is 5.91 Å². The van der Waals surface area contributed by atoms with Crippen molar-refractivity contribution in [2.24, 2.45) is 0 Å². The SMILES string of the molecule is Cc1cccc(NCc2nnc(SCC(=O)NC3CCCC3)n2-c2ccccc2)c1. The summed E-state index contributed by atoms with van der Waals surface area (Å²) in [4.78, 5) is 12.4. The van der Waals surface area contributed by atoms with Gasteiger partial charge in [-0.1, -0.05) is 54.9 Å². The molecule has 1 fully saturated rings. The second-order valence-corrected chi connectivity index (χ2v) is 8.57. The van der Waals surface area contributed by atoms with Crippen LogP contribution in [0.25, 0.3) is 5.69 Å². The van der Waals surface area contributed by atoms with Crippen LogP contribution in [0.5, 0.6) is 0 Å². The standard InChI is InChI=1S/C23H27N5OS/c1-17-8-7-11-19(14-17)24-15-21-26-27-23(28(21)20-12-3-2-4-13-20)30-16-22(29)25-18-9-5-6-10-18/h2-4,7-8,11-14,18,24H,5-6,9-10,15-16H2,1H3,(H,25,29). The minimum atomic E-state index is 0.0638. The zero-order valence-corrected chi connectivity index (χ0v) is 18.0. The summed E-state index contributed by atoms with van der Waals surface area (Å²) >= 11 is 1.43. The smallest absolute Gasteiger partial charge is 0.230 e. The van der Waals surface area contributed by atoms with E-state index < -0.39 is 0 Å². The molecule has 1 aliphatic rings. The van der Waals surface area contributed by atoms with Crippen LogP contribution in [0.4, 0.5) is 5.69 Å². The average molecular weight is 422 g/mol. The van der Waals surface area contributed by atoms with Crippen molar-refractivity contribution in [2.75, 3.05) is 11.1 Å². The van der Waals surface area contributed by atoms with E-state index in [1.54, 1.807) is 0 Å². The van der Waals surface area contributed by atoms with E-state index in [1.807, 2.05) is 47.0 Å². The molecule has 0 radical (unpaired) electrons. The molecule has 4 rings (SSSR count). The fourth-order valence-electron chi connectivity index (χ4n) is 3.75. The van der Waals surface area contributed by atoms with Gasteiger partial charge in [-0.15, -0.1) is 10.2 Å². The number of amides is 1. The van der Waals surface area contributed by atoms with Crippen LogP contribution in [0.15, 0.2) is 59.8 Å². The van der Waals surface area contributed by atoms with Gasteiger partial charge in [-0.2, -0.15) is 0 Å². The molecule has 2 N–H and O–H groups in total. The first-order valence-electron chi connectivity index (χ1n) is 10.4. The number of aromatic nitrogens is 3. The Morgan fingerprint density at radius 1 is 1.10 bits per heavy atom. The van der Waals surface area contributed by atoms with Gasteiger partial charge in [-0.05, 0) is 49.6 Å². The summed E-state index contributed by atoms with van der Waals surface area (Å²) in [6.07, 6.45) is 4.59. The Balaban J connectivity index is 1.48. The Morgan fingerprint density at radius 2 is 1.90 bits per heavy atom. The highest BCUT2D eigenvalue weighted by Crippen LogP contribution is 2.23. The molecule has 1 heterocycles. The molecule has 0 aliphatic heterocycles. The van der Waals surface area contributed by atoms with Gasteiger partial charge >= 0.3 is 0 Å². The van der Waals surface area contributed by atoms with Gasteiger partial charge in [-0.3, -0.25) is 9.36 Å². The van der Waals surface area contributed by atoms with Crippen molar-refractivity contribution in [3.63, 3.8) is 0 Å². The highest BCUT2D eigenvalue weighted by Gasteiger charge is 2.19. The third-order valence-corrected chi connectivity index (χ3v) is 6.17. The maximum atomic E-state index is 12.4. The lowest BCUT2D eigenvalue weighted by atomic mass is 10.2. The monoisotopic (exact) mass is 421 g/mol. The molecule has 156 valence electrons. The van der Waals surface area contributed by atoms with Crippen LogP contribution < -0.4 is 10.6 Å². The van der Waals surface area contributed by atoms with E-state index in [2.05, 4.69) is 39.9 Å². The summed E-state index contributed by atoms with van der Waals surface area (Å²) in [7, 11) is 0. The van der Waals surface area contributed by atoms with E-state index in [0.29, 0.717) is 18.3 Å². The number of hydrogen-bond acceptors (Lipinski definition) is 5. The first-order chi connectivity index (χ1) is 14.7. The fourth-order valence-corrected chi connectivity index (χ4v) is 4.53. The Morgan fingerprint density at radius 3 is 2.67 bits per heavy atom. The highest BCUT2D eigenvalue weighted by atomic mass is 32.2. The minimum Gasteiger partial charge on any atom is -0.378 e. The minimum absolute atomic E-state index is 0.0638. The quantitative estimate of drug-likeness (QED) is 0.530. The number of nitrogens with one attached hydrogen (secondary N) is 2. The number of para-hydroxylation sites is 1. The number of nitrogens with zero attached hydrogens (tertiary/aromatic N) is 3. The van der Waals surface area contributed by atoms with Gasteiger partial charge in [0.2, 0.25) is 5.91 Å². The van der Waals surface area contributed by atoms with Gasteiger partial charge in [0, 0.05) is 17.4 Å². The number of benzene rings is 2.